The molecule has 4 aromatic heterocycles. The summed E-state index contributed by atoms with van der Waals surface area (Å²) in [5.74, 6) is 2.41. The number of anilines is 1. The van der Waals surface area contributed by atoms with Crippen molar-refractivity contribution >= 4 is 22.9 Å². The molecule has 1 amide bonds. The molecule has 168 valence electrons. The monoisotopic (exact) mass is 442 g/mol. The predicted octanol–water partition coefficient (Wildman–Crippen LogP) is 3.93. The minimum atomic E-state index is -0.633. The summed E-state index contributed by atoms with van der Waals surface area (Å²) in [4.78, 5) is 40.0. The van der Waals surface area contributed by atoms with Gasteiger partial charge < -0.3 is 9.88 Å². The van der Waals surface area contributed by atoms with E-state index in [9.17, 15) is 4.79 Å². The number of hydrogen-bond donors (Lipinski definition) is 1. The molecule has 0 radical (unpaired) electrons. The second kappa shape index (κ2) is 7.68. The number of nitrogens with one attached hydrogen (secondary N) is 1. The van der Waals surface area contributed by atoms with Crippen molar-refractivity contribution in [2.45, 2.75) is 53.0 Å². The molecular weight excluding hydrogens is 416 g/mol. The number of aryl methyl sites for hydroxylation is 2. The minimum absolute atomic E-state index is 0.0133. The molecule has 9 nitrogen and oxygen atoms in total. The van der Waals surface area contributed by atoms with Crippen molar-refractivity contribution < 1.29 is 4.79 Å². The first-order chi connectivity index (χ1) is 15.8. The van der Waals surface area contributed by atoms with Gasteiger partial charge in [-0.3, -0.25) is 4.79 Å². The average Bonchev–Trinajstić information content (AvgIpc) is 3.28. The number of nitrogens with zero attached hydrogens (tertiary/aromatic N) is 7. The number of fused-ring (bicyclic) bond motifs is 2. The fourth-order valence-corrected chi connectivity index (χ4v) is 4.68. The highest BCUT2D eigenvalue weighted by Crippen LogP contribution is 2.42. The fraction of sp³-hybridized carbons (Fsp3) is 0.375. The lowest BCUT2D eigenvalue weighted by atomic mass is 9.77. The largest absolute Gasteiger partial charge is 0.310 e. The Hall–Kier alpha value is -3.75. The van der Waals surface area contributed by atoms with Gasteiger partial charge in [-0.2, -0.15) is 0 Å². The molecule has 1 N–H and O–H groups in total. The van der Waals surface area contributed by atoms with Crippen LogP contribution in [-0.4, -0.2) is 40.4 Å². The van der Waals surface area contributed by atoms with Crippen LogP contribution in [-0.2, 0) is 16.8 Å². The van der Waals surface area contributed by atoms with Crippen molar-refractivity contribution in [1.82, 2.24) is 34.5 Å². The lowest BCUT2D eigenvalue weighted by molar-refractivity contribution is -0.120. The van der Waals surface area contributed by atoms with Crippen molar-refractivity contribution in [1.29, 1.82) is 0 Å². The van der Waals surface area contributed by atoms with Gasteiger partial charge in [0.25, 0.3) is 0 Å². The molecule has 0 saturated heterocycles. The standard InChI is InChI=1S/C24H26N8O/c1-6-32-21(16-10-25-14(4)26-11-16)30-19-18(28-12-29-22(19)32)15-7-17-20(27-9-15)31-23(33)24(17,5)8-13(2)3/h7,9-13H,6,8H2,1-5H3,(H,27,31,33)/t24-/m1/s1. The molecule has 1 aliphatic rings. The van der Waals surface area contributed by atoms with Crippen LogP contribution in [0.15, 0.2) is 31.0 Å². The van der Waals surface area contributed by atoms with Crippen molar-refractivity contribution in [2.24, 2.45) is 5.92 Å². The van der Waals surface area contributed by atoms with E-state index in [0.29, 0.717) is 35.3 Å². The molecule has 0 bridgehead atoms. The highest BCUT2D eigenvalue weighted by Gasteiger charge is 2.44. The summed E-state index contributed by atoms with van der Waals surface area (Å²) in [6, 6.07) is 2.02. The van der Waals surface area contributed by atoms with Crippen molar-refractivity contribution in [3.8, 4) is 22.6 Å². The molecular formula is C24H26N8O. The smallest absolute Gasteiger partial charge is 0.236 e. The average molecular weight is 443 g/mol. The van der Waals surface area contributed by atoms with Crippen LogP contribution < -0.4 is 5.32 Å². The van der Waals surface area contributed by atoms with Crippen LogP contribution in [0.1, 0.15) is 45.5 Å². The number of rotatable bonds is 5. The second-order valence-corrected chi connectivity index (χ2v) is 9.10. The Morgan fingerprint density at radius 1 is 1.06 bits per heavy atom. The molecule has 1 aliphatic heterocycles. The number of aromatic nitrogens is 7. The van der Waals surface area contributed by atoms with E-state index >= 15 is 0 Å². The molecule has 0 saturated carbocycles. The Kier molecular flexibility index (Phi) is 4.92. The Morgan fingerprint density at radius 3 is 2.48 bits per heavy atom. The first kappa shape index (κ1) is 21.1. The molecule has 0 aliphatic carbocycles. The zero-order valence-electron chi connectivity index (χ0n) is 19.4. The molecule has 0 spiro atoms. The first-order valence-corrected chi connectivity index (χ1v) is 11.1. The quantitative estimate of drug-likeness (QED) is 0.498. The molecule has 5 rings (SSSR count). The van der Waals surface area contributed by atoms with Gasteiger partial charge in [0, 0.05) is 36.3 Å². The van der Waals surface area contributed by atoms with E-state index in [1.807, 2.05) is 31.4 Å². The number of imidazole rings is 1. The van der Waals surface area contributed by atoms with Crippen LogP contribution in [0.4, 0.5) is 5.82 Å². The molecule has 4 aromatic rings. The Morgan fingerprint density at radius 2 is 1.79 bits per heavy atom. The van der Waals surface area contributed by atoms with Crippen LogP contribution in [0.2, 0.25) is 0 Å². The molecule has 5 heterocycles. The highest BCUT2D eigenvalue weighted by molar-refractivity contribution is 6.05. The summed E-state index contributed by atoms with van der Waals surface area (Å²) in [7, 11) is 0. The van der Waals surface area contributed by atoms with E-state index in [-0.39, 0.29) is 5.91 Å². The summed E-state index contributed by atoms with van der Waals surface area (Å²) in [6.07, 6.45) is 7.56. The third-order valence-corrected chi connectivity index (χ3v) is 6.19. The van der Waals surface area contributed by atoms with Gasteiger partial charge in [-0.25, -0.2) is 29.9 Å². The van der Waals surface area contributed by atoms with Gasteiger partial charge in [-0.15, -0.1) is 0 Å². The third-order valence-electron chi connectivity index (χ3n) is 6.19. The van der Waals surface area contributed by atoms with Crippen molar-refractivity contribution in [3.05, 3.63) is 42.4 Å². The predicted molar refractivity (Wildman–Crippen MR) is 125 cm³/mol. The summed E-state index contributed by atoms with van der Waals surface area (Å²) < 4.78 is 2.03. The van der Waals surface area contributed by atoms with Crippen LogP contribution in [0.25, 0.3) is 33.8 Å². The van der Waals surface area contributed by atoms with E-state index in [4.69, 9.17) is 4.98 Å². The number of hydrogen-bond acceptors (Lipinski definition) is 7. The van der Waals surface area contributed by atoms with Crippen molar-refractivity contribution in [3.63, 3.8) is 0 Å². The van der Waals surface area contributed by atoms with Crippen LogP contribution in [0.5, 0.6) is 0 Å². The first-order valence-electron chi connectivity index (χ1n) is 11.1. The maximum atomic E-state index is 12.8. The number of amides is 1. The lowest BCUT2D eigenvalue weighted by Gasteiger charge is -2.24. The van der Waals surface area contributed by atoms with E-state index in [1.54, 1.807) is 24.9 Å². The van der Waals surface area contributed by atoms with Gasteiger partial charge in [0.2, 0.25) is 5.91 Å². The van der Waals surface area contributed by atoms with E-state index in [0.717, 1.165) is 34.6 Å². The Balaban J connectivity index is 1.68. The molecule has 9 heteroatoms. The zero-order valence-corrected chi connectivity index (χ0v) is 19.4. The Labute approximate surface area is 191 Å². The van der Waals surface area contributed by atoms with Gasteiger partial charge in [-0.05, 0) is 39.2 Å². The van der Waals surface area contributed by atoms with Gasteiger partial charge in [0.15, 0.2) is 5.65 Å². The van der Waals surface area contributed by atoms with Crippen LogP contribution in [0.3, 0.4) is 0 Å². The van der Waals surface area contributed by atoms with Gasteiger partial charge in [-0.1, -0.05) is 13.8 Å². The van der Waals surface area contributed by atoms with Crippen LogP contribution in [0, 0.1) is 12.8 Å². The van der Waals surface area contributed by atoms with Crippen LogP contribution >= 0.6 is 0 Å². The maximum Gasteiger partial charge on any atom is 0.236 e. The molecule has 1 atom stereocenters. The van der Waals surface area contributed by atoms with E-state index in [1.165, 1.54) is 0 Å². The van der Waals surface area contributed by atoms with Gasteiger partial charge >= 0.3 is 0 Å². The molecule has 33 heavy (non-hydrogen) atoms. The third kappa shape index (κ3) is 3.35. The SMILES string of the molecule is CCn1c(-c2cnc(C)nc2)nc2c(-c3cnc4c(c3)[C@@](C)(CC(C)C)C(=O)N4)ncnc21. The summed E-state index contributed by atoms with van der Waals surface area (Å²) >= 11 is 0. The number of carbonyl (C=O) groups excluding carboxylic acids is 1. The second-order valence-electron chi connectivity index (χ2n) is 9.10. The molecule has 0 aromatic carbocycles. The topological polar surface area (TPSA) is 111 Å². The Bertz CT molecular complexity index is 1380. The highest BCUT2D eigenvalue weighted by atomic mass is 16.2. The minimum Gasteiger partial charge on any atom is -0.310 e. The van der Waals surface area contributed by atoms with E-state index in [2.05, 4.69) is 44.1 Å². The summed E-state index contributed by atoms with van der Waals surface area (Å²) in [6.45, 7) is 10.8. The van der Waals surface area contributed by atoms with Gasteiger partial charge in [0.05, 0.1) is 11.0 Å². The number of pyridine rings is 1. The summed E-state index contributed by atoms with van der Waals surface area (Å²) in [5, 5.41) is 2.94. The van der Waals surface area contributed by atoms with E-state index < -0.39 is 5.41 Å². The molecule has 0 fully saturated rings. The summed E-state index contributed by atoms with van der Waals surface area (Å²) in [5.41, 5.74) is 3.98. The molecule has 0 unspecified atom stereocenters. The van der Waals surface area contributed by atoms with Gasteiger partial charge in [0.1, 0.15) is 35.0 Å². The normalized spacial score (nSPS) is 17.6. The fourth-order valence-electron chi connectivity index (χ4n) is 4.68. The maximum absolute atomic E-state index is 12.8. The number of carbonyl (C=O) groups is 1. The lowest BCUT2D eigenvalue weighted by Crippen LogP contribution is -2.32. The van der Waals surface area contributed by atoms with Crippen molar-refractivity contribution in [2.75, 3.05) is 5.32 Å². The zero-order chi connectivity index (χ0) is 23.3.